The summed E-state index contributed by atoms with van der Waals surface area (Å²) >= 11 is 0. The van der Waals surface area contributed by atoms with Gasteiger partial charge in [0.1, 0.15) is 23.2 Å². The molecule has 0 bridgehead atoms. The number of hydrogen-bond acceptors (Lipinski definition) is 5. The maximum Gasteiger partial charge on any atom is 0.271 e. The molecule has 1 unspecified atom stereocenters. The molecule has 0 fully saturated rings. The number of carbonyl (C=O) groups excluding carboxylic acids is 1. The first-order chi connectivity index (χ1) is 12.3. The maximum atomic E-state index is 13.0. The number of aromatic hydroxyl groups is 1. The number of nitrogens with zero attached hydrogens (tertiary/aromatic N) is 2. The molecule has 134 valence electrons. The first-order valence-corrected chi connectivity index (χ1v) is 7.75. The highest BCUT2D eigenvalue weighted by Crippen LogP contribution is 2.25. The number of benzene rings is 1. The average Bonchev–Trinajstić information content (AvgIpc) is 2.61. The van der Waals surface area contributed by atoms with Crippen molar-refractivity contribution < 1.29 is 19.0 Å². The number of nitriles is 1. The van der Waals surface area contributed by atoms with Crippen LogP contribution in [0.25, 0.3) is 0 Å². The van der Waals surface area contributed by atoms with Crippen LogP contribution >= 0.6 is 0 Å². The van der Waals surface area contributed by atoms with Gasteiger partial charge in [0.25, 0.3) is 5.56 Å². The first-order valence-electron chi connectivity index (χ1n) is 7.75. The van der Waals surface area contributed by atoms with Crippen molar-refractivity contribution in [1.29, 1.82) is 5.26 Å². The predicted octanol–water partition coefficient (Wildman–Crippen LogP) is 2.71. The van der Waals surface area contributed by atoms with Gasteiger partial charge in [-0.1, -0.05) is 6.08 Å². The van der Waals surface area contributed by atoms with Crippen molar-refractivity contribution in [1.82, 2.24) is 4.57 Å². The van der Waals surface area contributed by atoms with Gasteiger partial charge in [-0.15, -0.1) is 6.58 Å². The lowest BCUT2D eigenvalue weighted by molar-refractivity contribution is 0.0812. The summed E-state index contributed by atoms with van der Waals surface area (Å²) in [6, 6.07) is 6.87. The second-order valence-corrected chi connectivity index (χ2v) is 5.59. The van der Waals surface area contributed by atoms with Gasteiger partial charge >= 0.3 is 0 Å². The van der Waals surface area contributed by atoms with Gasteiger partial charge in [-0.2, -0.15) is 5.26 Å². The van der Waals surface area contributed by atoms with Crippen LogP contribution in [0.15, 0.2) is 41.7 Å². The number of rotatable bonds is 6. The van der Waals surface area contributed by atoms with Crippen molar-refractivity contribution in [3.63, 3.8) is 0 Å². The summed E-state index contributed by atoms with van der Waals surface area (Å²) in [6.45, 7) is 6.30. The third-order valence-corrected chi connectivity index (χ3v) is 3.85. The lowest BCUT2D eigenvalue weighted by atomic mass is 9.99. The van der Waals surface area contributed by atoms with Gasteiger partial charge in [-0.25, -0.2) is 4.39 Å². The van der Waals surface area contributed by atoms with E-state index in [0.29, 0.717) is 0 Å². The molecule has 0 aliphatic carbocycles. The Labute approximate surface area is 149 Å². The monoisotopic (exact) mass is 356 g/mol. The van der Waals surface area contributed by atoms with Crippen molar-refractivity contribution in [3.05, 3.63) is 69.8 Å². The quantitative estimate of drug-likeness (QED) is 0.635. The fourth-order valence-corrected chi connectivity index (χ4v) is 2.52. The number of aromatic nitrogens is 1. The molecule has 1 heterocycles. The Bertz CT molecular complexity index is 955. The van der Waals surface area contributed by atoms with Crippen LogP contribution in [0.5, 0.6) is 11.6 Å². The molecule has 1 atom stereocenters. The highest BCUT2D eigenvalue weighted by molar-refractivity contribution is 6.03. The van der Waals surface area contributed by atoms with Crippen molar-refractivity contribution >= 4 is 5.78 Å². The van der Waals surface area contributed by atoms with Crippen molar-refractivity contribution in [3.8, 4) is 17.7 Å². The number of allylic oxidation sites excluding steroid dienone is 1. The summed E-state index contributed by atoms with van der Waals surface area (Å²) in [5.74, 6) is -1.34. The van der Waals surface area contributed by atoms with Gasteiger partial charge in [0, 0.05) is 6.54 Å². The Hall–Kier alpha value is -3.40. The minimum Gasteiger partial charge on any atom is -0.494 e. The summed E-state index contributed by atoms with van der Waals surface area (Å²) in [7, 11) is 0. The van der Waals surface area contributed by atoms with E-state index in [1.54, 1.807) is 6.07 Å². The highest BCUT2D eigenvalue weighted by atomic mass is 19.1. The Morgan fingerprint density at radius 1 is 1.46 bits per heavy atom. The molecular formula is C19H17FN2O4. The van der Waals surface area contributed by atoms with E-state index in [-0.39, 0.29) is 29.0 Å². The van der Waals surface area contributed by atoms with Gasteiger partial charge in [0.15, 0.2) is 6.10 Å². The second kappa shape index (κ2) is 7.66. The third-order valence-electron chi connectivity index (χ3n) is 3.85. The van der Waals surface area contributed by atoms with Crippen LogP contribution in [0.3, 0.4) is 0 Å². The molecule has 0 aliphatic heterocycles. The van der Waals surface area contributed by atoms with E-state index < -0.39 is 29.1 Å². The summed E-state index contributed by atoms with van der Waals surface area (Å²) in [4.78, 5) is 25.0. The number of carbonyl (C=O) groups is 1. The topological polar surface area (TPSA) is 92.3 Å². The predicted molar refractivity (Wildman–Crippen MR) is 92.8 cm³/mol. The lowest BCUT2D eigenvalue weighted by Crippen LogP contribution is -2.30. The van der Waals surface area contributed by atoms with Crippen LogP contribution in [0.2, 0.25) is 0 Å². The molecule has 1 aromatic heterocycles. The molecule has 0 aliphatic rings. The Morgan fingerprint density at radius 3 is 2.62 bits per heavy atom. The van der Waals surface area contributed by atoms with Crippen LogP contribution in [0, 0.1) is 24.1 Å². The van der Waals surface area contributed by atoms with E-state index >= 15 is 0 Å². The van der Waals surface area contributed by atoms with Crippen LogP contribution in [-0.4, -0.2) is 21.6 Å². The summed E-state index contributed by atoms with van der Waals surface area (Å²) in [5.41, 5.74) is -1.03. The number of ether oxygens (including phenoxy) is 1. The summed E-state index contributed by atoms with van der Waals surface area (Å²) in [6.07, 6.45) is 0.330. The molecule has 6 nitrogen and oxygen atoms in total. The minimum atomic E-state index is -1.04. The molecule has 26 heavy (non-hydrogen) atoms. The molecule has 0 spiro atoms. The van der Waals surface area contributed by atoms with Crippen molar-refractivity contribution in [2.75, 3.05) is 0 Å². The molecule has 0 radical (unpaired) electrons. The zero-order valence-corrected chi connectivity index (χ0v) is 14.3. The molecule has 1 N–H and O–H groups in total. The van der Waals surface area contributed by atoms with E-state index in [1.807, 2.05) is 0 Å². The van der Waals surface area contributed by atoms with E-state index in [0.717, 1.165) is 4.57 Å². The molecule has 2 aromatic rings. The van der Waals surface area contributed by atoms with E-state index in [1.165, 1.54) is 44.2 Å². The van der Waals surface area contributed by atoms with E-state index in [4.69, 9.17) is 4.74 Å². The van der Waals surface area contributed by atoms with E-state index in [2.05, 4.69) is 6.58 Å². The summed E-state index contributed by atoms with van der Waals surface area (Å²) < 4.78 is 19.3. The maximum absolute atomic E-state index is 13.0. The first kappa shape index (κ1) is 18.9. The molecular weight excluding hydrogens is 339 g/mol. The Balaban J connectivity index is 2.49. The fourth-order valence-electron chi connectivity index (χ4n) is 2.52. The van der Waals surface area contributed by atoms with Gasteiger partial charge in [0.05, 0.1) is 5.56 Å². The van der Waals surface area contributed by atoms with Crippen molar-refractivity contribution in [2.24, 2.45) is 0 Å². The number of halogens is 1. The third kappa shape index (κ3) is 3.49. The zero-order valence-electron chi connectivity index (χ0n) is 14.3. The largest absolute Gasteiger partial charge is 0.494 e. The molecule has 0 saturated heterocycles. The highest BCUT2D eigenvalue weighted by Gasteiger charge is 2.27. The van der Waals surface area contributed by atoms with Crippen LogP contribution < -0.4 is 10.3 Å². The normalized spacial score (nSPS) is 11.5. The minimum absolute atomic E-state index is 0.0624. The number of ketones is 1. The van der Waals surface area contributed by atoms with Crippen molar-refractivity contribution in [2.45, 2.75) is 26.5 Å². The molecule has 7 heteroatoms. The number of Topliss-reactive ketones (excluding diaryl/α,β-unsaturated/α-hetero) is 1. The molecule has 1 aromatic carbocycles. The smallest absolute Gasteiger partial charge is 0.271 e. The molecule has 2 rings (SSSR count). The number of hydrogen-bond donors (Lipinski definition) is 1. The average molecular weight is 356 g/mol. The standard InChI is InChI=1S/C19H17FN2O4/c1-4-9-22-18(24)15(10-21)11(2)16(19(22)25)17(23)12(3)26-14-7-5-13(20)6-8-14/h4-8,12,25H,1,9H2,2-3H3. The fraction of sp³-hybridized carbons (Fsp3) is 0.211. The van der Waals surface area contributed by atoms with Gasteiger partial charge in [-0.05, 0) is 43.7 Å². The SMILES string of the molecule is C=CCn1c(O)c(C(=O)C(C)Oc2ccc(F)cc2)c(C)c(C#N)c1=O. The van der Waals surface area contributed by atoms with Crippen LogP contribution in [0.4, 0.5) is 4.39 Å². The summed E-state index contributed by atoms with van der Waals surface area (Å²) in [5, 5.41) is 19.6. The van der Waals surface area contributed by atoms with Gasteiger partial charge in [0.2, 0.25) is 11.7 Å². The van der Waals surface area contributed by atoms with E-state index in [9.17, 15) is 24.3 Å². The Kier molecular flexibility index (Phi) is 5.58. The zero-order chi connectivity index (χ0) is 19.4. The van der Waals surface area contributed by atoms with Crippen LogP contribution in [-0.2, 0) is 6.54 Å². The van der Waals surface area contributed by atoms with Gasteiger partial charge < -0.3 is 9.84 Å². The Morgan fingerprint density at radius 2 is 2.08 bits per heavy atom. The van der Waals surface area contributed by atoms with Gasteiger partial charge in [-0.3, -0.25) is 14.2 Å². The second-order valence-electron chi connectivity index (χ2n) is 5.59. The number of pyridine rings is 1. The molecule has 0 saturated carbocycles. The molecule has 0 amide bonds. The van der Waals surface area contributed by atoms with Crippen LogP contribution in [0.1, 0.15) is 28.4 Å². The lowest BCUT2D eigenvalue weighted by Gasteiger charge is -2.18.